The second-order valence-corrected chi connectivity index (χ2v) is 9.72. The molecule has 1 aliphatic carbocycles. The minimum atomic E-state index is -3.99. The number of carbonyl (C=O) groups excluding carboxylic acids is 1. The lowest BCUT2D eigenvalue weighted by Gasteiger charge is -2.20. The number of alkyl carbamates (subject to hydrolysis) is 1. The topological polar surface area (TPSA) is 94.1 Å². The van der Waals surface area contributed by atoms with Gasteiger partial charge in [-0.2, -0.15) is 8.42 Å². The van der Waals surface area contributed by atoms with Crippen molar-refractivity contribution in [1.29, 1.82) is 0 Å². The summed E-state index contributed by atoms with van der Waals surface area (Å²) in [7, 11) is -3.99. The Morgan fingerprint density at radius 3 is 2.65 bits per heavy atom. The number of ether oxygens (including phenoxy) is 1. The number of nitrogens with one attached hydrogen (secondary N) is 1. The van der Waals surface area contributed by atoms with E-state index >= 15 is 0 Å². The third-order valence-electron chi connectivity index (χ3n) is 5.48. The average molecular weight is 479 g/mol. The molecule has 34 heavy (non-hydrogen) atoms. The van der Waals surface area contributed by atoms with Crippen LogP contribution in [0.3, 0.4) is 0 Å². The van der Waals surface area contributed by atoms with Crippen LogP contribution in [0.1, 0.15) is 24.0 Å². The summed E-state index contributed by atoms with van der Waals surface area (Å²) >= 11 is 0. The van der Waals surface area contributed by atoms with E-state index in [1.54, 1.807) is 18.3 Å². The highest BCUT2D eigenvalue weighted by atomic mass is 32.2. The summed E-state index contributed by atoms with van der Waals surface area (Å²) in [6, 6.07) is 15.1. The summed E-state index contributed by atoms with van der Waals surface area (Å²) in [5.41, 5.74) is 4.65. The van der Waals surface area contributed by atoms with Gasteiger partial charge in [0.05, 0.1) is 23.3 Å². The number of allylic oxidation sites excluding steroid dienone is 4. The number of aliphatic imine (C=N–C) groups is 1. The minimum Gasteiger partial charge on any atom is -0.445 e. The molecule has 1 unspecified atom stereocenters. The first-order valence-electron chi connectivity index (χ1n) is 11.0. The number of hydrogen-bond donors (Lipinski definition) is 1. The second kappa shape index (κ2) is 10.6. The van der Waals surface area contributed by atoms with E-state index in [1.165, 1.54) is 12.1 Å². The summed E-state index contributed by atoms with van der Waals surface area (Å²) < 4.78 is 36.0. The van der Waals surface area contributed by atoms with Crippen molar-refractivity contribution in [2.45, 2.75) is 37.3 Å². The molecule has 1 heterocycles. The SMILES string of the molecule is Cc1ccc(S(=O)(=O)OCC(CC2=CN=C3CC=CC=C23)NC(=O)OCc2ccccc2)cc1. The Kier molecular flexibility index (Phi) is 7.40. The number of rotatable bonds is 9. The zero-order chi connectivity index (χ0) is 24.0. The molecular formula is C26H26N2O5S. The maximum Gasteiger partial charge on any atom is 0.407 e. The lowest BCUT2D eigenvalue weighted by atomic mass is 9.94. The minimum absolute atomic E-state index is 0.0642. The molecule has 1 N–H and O–H groups in total. The maximum atomic E-state index is 12.7. The van der Waals surface area contributed by atoms with Crippen LogP contribution in [0.5, 0.6) is 0 Å². The molecule has 1 amide bonds. The van der Waals surface area contributed by atoms with E-state index in [0.717, 1.165) is 34.4 Å². The summed E-state index contributed by atoms with van der Waals surface area (Å²) in [5.74, 6) is 0. The molecular weight excluding hydrogens is 452 g/mol. The number of carbonyl (C=O) groups is 1. The smallest absolute Gasteiger partial charge is 0.407 e. The Morgan fingerprint density at radius 2 is 1.88 bits per heavy atom. The predicted octanol–water partition coefficient (Wildman–Crippen LogP) is 4.61. The molecule has 4 rings (SSSR count). The fourth-order valence-corrected chi connectivity index (χ4v) is 4.59. The summed E-state index contributed by atoms with van der Waals surface area (Å²) in [5, 5.41) is 2.76. The maximum absolute atomic E-state index is 12.7. The first-order chi connectivity index (χ1) is 16.4. The van der Waals surface area contributed by atoms with Gasteiger partial charge in [0, 0.05) is 18.2 Å². The van der Waals surface area contributed by atoms with Crippen LogP contribution in [-0.2, 0) is 25.6 Å². The summed E-state index contributed by atoms with van der Waals surface area (Å²) in [6.07, 6.45) is 8.14. The van der Waals surface area contributed by atoms with Crippen LogP contribution in [0, 0.1) is 6.92 Å². The van der Waals surface area contributed by atoms with Gasteiger partial charge in [0.15, 0.2) is 0 Å². The number of nitrogens with zero attached hydrogens (tertiary/aromatic N) is 1. The Labute approximate surface area is 199 Å². The Hall–Kier alpha value is -3.49. The molecule has 0 saturated carbocycles. The molecule has 0 saturated heterocycles. The lowest BCUT2D eigenvalue weighted by Crippen LogP contribution is -2.39. The summed E-state index contributed by atoms with van der Waals surface area (Å²) in [4.78, 5) is 17.0. The van der Waals surface area contributed by atoms with Crippen LogP contribution < -0.4 is 5.32 Å². The molecule has 0 bridgehead atoms. The van der Waals surface area contributed by atoms with Crippen molar-refractivity contribution in [2.24, 2.45) is 4.99 Å². The van der Waals surface area contributed by atoms with Gasteiger partial charge >= 0.3 is 6.09 Å². The van der Waals surface area contributed by atoms with Crippen molar-refractivity contribution in [3.05, 3.63) is 101 Å². The van der Waals surface area contributed by atoms with Crippen molar-refractivity contribution in [2.75, 3.05) is 6.61 Å². The van der Waals surface area contributed by atoms with Gasteiger partial charge in [-0.25, -0.2) is 4.79 Å². The highest BCUT2D eigenvalue weighted by Gasteiger charge is 2.25. The zero-order valence-electron chi connectivity index (χ0n) is 18.8. The Bertz CT molecular complexity index is 1260. The van der Waals surface area contributed by atoms with Crippen LogP contribution in [0.2, 0.25) is 0 Å². The quantitative estimate of drug-likeness (QED) is 0.531. The average Bonchev–Trinajstić information content (AvgIpc) is 3.25. The Morgan fingerprint density at radius 1 is 1.12 bits per heavy atom. The first kappa shape index (κ1) is 23.7. The van der Waals surface area contributed by atoms with Crippen LogP contribution in [0.15, 0.2) is 100 Å². The third kappa shape index (κ3) is 6.09. The van der Waals surface area contributed by atoms with Crippen molar-refractivity contribution in [1.82, 2.24) is 5.32 Å². The van der Waals surface area contributed by atoms with Crippen molar-refractivity contribution < 1.29 is 22.1 Å². The fraction of sp³-hybridized carbons (Fsp3) is 0.231. The monoisotopic (exact) mass is 478 g/mol. The molecule has 2 aromatic carbocycles. The van der Waals surface area contributed by atoms with Gasteiger partial charge in [-0.3, -0.25) is 9.18 Å². The van der Waals surface area contributed by atoms with Crippen LogP contribution in [-0.4, -0.2) is 32.9 Å². The number of benzene rings is 2. The van der Waals surface area contributed by atoms with E-state index in [-0.39, 0.29) is 18.1 Å². The van der Waals surface area contributed by atoms with Crippen LogP contribution in [0.25, 0.3) is 0 Å². The molecule has 1 aliphatic heterocycles. The summed E-state index contributed by atoms with van der Waals surface area (Å²) in [6.45, 7) is 1.74. The molecule has 0 aromatic heterocycles. The largest absolute Gasteiger partial charge is 0.445 e. The van der Waals surface area contributed by atoms with E-state index in [0.29, 0.717) is 6.42 Å². The number of hydrogen-bond acceptors (Lipinski definition) is 6. The van der Waals surface area contributed by atoms with E-state index in [4.69, 9.17) is 8.92 Å². The van der Waals surface area contributed by atoms with Gasteiger partial charge in [-0.05, 0) is 36.6 Å². The zero-order valence-corrected chi connectivity index (χ0v) is 19.6. The highest BCUT2D eigenvalue weighted by Crippen LogP contribution is 2.28. The van der Waals surface area contributed by atoms with Gasteiger partial charge in [0.1, 0.15) is 6.61 Å². The highest BCUT2D eigenvalue weighted by molar-refractivity contribution is 7.86. The third-order valence-corrected chi connectivity index (χ3v) is 6.77. The normalized spacial score (nSPS) is 15.6. The van der Waals surface area contributed by atoms with Gasteiger partial charge < -0.3 is 10.1 Å². The van der Waals surface area contributed by atoms with Gasteiger partial charge in [0.2, 0.25) is 0 Å². The molecule has 176 valence electrons. The fourth-order valence-electron chi connectivity index (χ4n) is 3.65. The van der Waals surface area contributed by atoms with E-state index < -0.39 is 22.3 Å². The van der Waals surface area contributed by atoms with Crippen molar-refractivity contribution in [3.8, 4) is 0 Å². The van der Waals surface area contributed by atoms with Gasteiger partial charge in [-0.15, -0.1) is 0 Å². The number of fused-ring (bicyclic) bond motifs is 1. The van der Waals surface area contributed by atoms with Gasteiger partial charge in [-0.1, -0.05) is 66.3 Å². The number of aryl methyl sites for hydroxylation is 1. The first-order valence-corrected chi connectivity index (χ1v) is 12.4. The molecule has 2 aliphatic rings. The van der Waals surface area contributed by atoms with E-state index in [9.17, 15) is 13.2 Å². The molecule has 8 heteroatoms. The van der Waals surface area contributed by atoms with Gasteiger partial charge in [0.25, 0.3) is 10.1 Å². The Balaban J connectivity index is 1.43. The lowest BCUT2D eigenvalue weighted by molar-refractivity contribution is 0.131. The molecule has 1 atom stereocenters. The van der Waals surface area contributed by atoms with E-state index in [1.807, 2.05) is 55.5 Å². The standard InChI is InChI=1S/C26H26N2O5S/c1-19-11-13-23(14-12-19)34(30,31)33-18-22(15-21-16-27-25-10-6-5-9-24(21)25)28-26(29)32-17-20-7-3-2-4-8-20/h2-9,11-14,16,22H,10,15,17-18H2,1H3,(H,28,29). The second-order valence-electron chi connectivity index (χ2n) is 8.10. The van der Waals surface area contributed by atoms with Crippen LogP contribution >= 0.6 is 0 Å². The molecule has 0 radical (unpaired) electrons. The van der Waals surface area contributed by atoms with Crippen LogP contribution in [0.4, 0.5) is 4.79 Å². The molecule has 7 nitrogen and oxygen atoms in total. The van der Waals surface area contributed by atoms with Crippen molar-refractivity contribution in [3.63, 3.8) is 0 Å². The van der Waals surface area contributed by atoms with Crippen molar-refractivity contribution >= 4 is 21.9 Å². The predicted molar refractivity (Wildman–Crippen MR) is 130 cm³/mol. The molecule has 2 aromatic rings. The molecule has 0 spiro atoms. The molecule has 0 fully saturated rings. The number of amides is 1. The van der Waals surface area contributed by atoms with E-state index in [2.05, 4.69) is 10.3 Å².